The number of carbonyl (C=O) groups excluding carboxylic acids is 2. The summed E-state index contributed by atoms with van der Waals surface area (Å²) in [6.07, 6.45) is 0. The minimum atomic E-state index is -4.01. The third-order valence-electron chi connectivity index (χ3n) is 5.90. The van der Waals surface area contributed by atoms with Crippen molar-refractivity contribution in [2.75, 3.05) is 16.2 Å². The van der Waals surface area contributed by atoms with Gasteiger partial charge in [0, 0.05) is 5.69 Å². The number of benzene rings is 4. The van der Waals surface area contributed by atoms with Crippen LogP contribution in [0.2, 0.25) is 0 Å². The Kier molecular flexibility index (Phi) is 8.23. The molecular formula is C30H28N2O5S. The molecule has 4 aromatic carbocycles. The molecule has 0 aromatic heterocycles. The maximum Gasteiger partial charge on any atom is 0.338 e. The van der Waals surface area contributed by atoms with Crippen molar-refractivity contribution in [2.24, 2.45) is 0 Å². The third-order valence-corrected chi connectivity index (χ3v) is 7.68. The van der Waals surface area contributed by atoms with Crippen molar-refractivity contribution in [2.45, 2.75) is 25.3 Å². The van der Waals surface area contributed by atoms with Crippen LogP contribution in [-0.4, -0.2) is 26.9 Å². The van der Waals surface area contributed by atoms with E-state index in [4.69, 9.17) is 4.74 Å². The highest BCUT2D eigenvalue weighted by atomic mass is 32.2. The summed E-state index contributed by atoms with van der Waals surface area (Å²) in [6, 6.07) is 28.8. The first-order valence-electron chi connectivity index (χ1n) is 12.1. The van der Waals surface area contributed by atoms with Crippen LogP contribution in [0.15, 0.2) is 108 Å². The maximum absolute atomic E-state index is 13.8. The van der Waals surface area contributed by atoms with E-state index in [-0.39, 0.29) is 29.3 Å². The quantitative estimate of drug-likeness (QED) is 0.276. The summed E-state index contributed by atoms with van der Waals surface area (Å²) in [5.74, 6) is -0.921. The predicted molar refractivity (Wildman–Crippen MR) is 148 cm³/mol. The second-order valence-electron chi connectivity index (χ2n) is 8.53. The van der Waals surface area contributed by atoms with E-state index in [1.807, 2.05) is 30.3 Å². The van der Waals surface area contributed by atoms with Crippen molar-refractivity contribution in [3.63, 3.8) is 0 Å². The highest BCUT2D eigenvalue weighted by Gasteiger charge is 2.28. The van der Waals surface area contributed by atoms with E-state index in [1.165, 1.54) is 16.4 Å². The van der Waals surface area contributed by atoms with Gasteiger partial charge >= 0.3 is 5.97 Å². The van der Waals surface area contributed by atoms with Gasteiger partial charge in [0.25, 0.3) is 15.9 Å². The van der Waals surface area contributed by atoms with E-state index in [0.717, 1.165) is 5.56 Å². The predicted octanol–water partition coefficient (Wildman–Crippen LogP) is 5.82. The Morgan fingerprint density at radius 3 is 2.13 bits per heavy atom. The first kappa shape index (κ1) is 26.6. The van der Waals surface area contributed by atoms with Crippen LogP contribution in [-0.2, 0) is 21.3 Å². The lowest BCUT2D eigenvalue weighted by Crippen LogP contribution is -2.32. The van der Waals surface area contributed by atoms with E-state index in [1.54, 1.807) is 74.5 Å². The molecular weight excluding hydrogens is 500 g/mol. The minimum absolute atomic E-state index is 0.0373. The lowest BCUT2D eigenvalue weighted by atomic mass is 10.1. The van der Waals surface area contributed by atoms with Gasteiger partial charge in [-0.15, -0.1) is 0 Å². The molecule has 0 unspecified atom stereocenters. The van der Waals surface area contributed by atoms with Crippen LogP contribution < -0.4 is 9.62 Å². The highest BCUT2D eigenvalue weighted by molar-refractivity contribution is 7.92. The van der Waals surface area contributed by atoms with Gasteiger partial charge in [0.2, 0.25) is 0 Å². The zero-order chi connectivity index (χ0) is 27.1. The van der Waals surface area contributed by atoms with Gasteiger partial charge in [0.05, 0.1) is 34.9 Å². The number of anilines is 2. The van der Waals surface area contributed by atoms with Gasteiger partial charge < -0.3 is 10.1 Å². The maximum atomic E-state index is 13.8. The fourth-order valence-corrected chi connectivity index (χ4v) is 5.48. The summed E-state index contributed by atoms with van der Waals surface area (Å²) in [7, 11) is -4.01. The van der Waals surface area contributed by atoms with E-state index in [9.17, 15) is 18.0 Å². The van der Waals surface area contributed by atoms with Gasteiger partial charge in [-0.1, -0.05) is 60.7 Å². The van der Waals surface area contributed by atoms with Crippen molar-refractivity contribution in [1.29, 1.82) is 0 Å². The van der Waals surface area contributed by atoms with Gasteiger partial charge in [-0.3, -0.25) is 9.10 Å². The summed E-state index contributed by atoms with van der Waals surface area (Å²) >= 11 is 0. The molecule has 0 radical (unpaired) electrons. The first-order valence-corrected chi connectivity index (χ1v) is 13.5. The van der Waals surface area contributed by atoms with Crippen LogP contribution in [0, 0.1) is 6.92 Å². The van der Waals surface area contributed by atoms with Crippen molar-refractivity contribution in [3.8, 4) is 0 Å². The molecule has 7 nitrogen and oxygen atoms in total. The molecule has 0 spiro atoms. The van der Waals surface area contributed by atoms with E-state index in [0.29, 0.717) is 16.8 Å². The zero-order valence-electron chi connectivity index (χ0n) is 21.1. The Labute approximate surface area is 222 Å². The lowest BCUT2D eigenvalue weighted by Gasteiger charge is -2.26. The number of nitrogens with zero attached hydrogens (tertiary/aromatic N) is 1. The zero-order valence-corrected chi connectivity index (χ0v) is 21.9. The number of hydrogen-bond acceptors (Lipinski definition) is 5. The Hall–Kier alpha value is -4.43. The number of nitrogens with one attached hydrogen (secondary N) is 1. The summed E-state index contributed by atoms with van der Waals surface area (Å²) < 4.78 is 34.0. The van der Waals surface area contributed by atoms with Crippen molar-refractivity contribution in [1.82, 2.24) is 0 Å². The van der Waals surface area contributed by atoms with Crippen molar-refractivity contribution >= 4 is 33.3 Å². The molecule has 0 aliphatic rings. The van der Waals surface area contributed by atoms with Gasteiger partial charge in [-0.25, -0.2) is 13.2 Å². The Morgan fingerprint density at radius 2 is 1.47 bits per heavy atom. The smallest absolute Gasteiger partial charge is 0.338 e. The number of carbonyl (C=O) groups is 2. The second-order valence-corrected chi connectivity index (χ2v) is 10.4. The average molecular weight is 529 g/mol. The summed E-state index contributed by atoms with van der Waals surface area (Å²) in [4.78, 5) is 25.7. The number of esters is 1. The fraction of sp³-hybridized carbons (Fsp3) is 0.133. The van der Waals surface area contributed by atoms with Crippen LogP contribution >= 0.6 is 0 Å². The molecule has 4 rings (SSSR count). The molecule has 1 amide bonds. The molecule has 0 saturated heterocycles. The minimum Gasteiger partial charge on any atom is -0.462 e. The van der Waals surface area contributed by atoms with Gasteiger partial charge in [0.15, 0.2) is 0 Å². The Balaban J connectivity index is 1.72. The van der Waals surface area contributed by atoms with Crippen LogP contribution in [0.1, 0.15) is 38.8 Å². The summed E-state index contributed by atoms with van der Waals surface area (Å²) in [6.45, 7) is 3.80. The summed E-state index contributed by atoms with van der Waals surface area (Å²) in [5, 5.41) is 2.86. The van der Waals surface area contributed by atoms with Gasteiger partial charge in [-0.2, -0.15) is 0 Å². The largest absolute Gasteiger partial charge is 0.462 e. The lowest BCUT2D eigenvalue weighted by molar-refractivity contribution is 0.0526. The molecule has 0 bridgehead atoms. The second kappa shape index (κ2) is 11.7. The Bertz CT molecular complexity index is 1540. The number of ether oxygens (including phenoxy) is 1. The number of sulfonamides is 1. The third kappa shape index (κ3) is 5.92. The molecule has 0 fully saturated rings. The number of amides is 1. The van der Waals surface area contributed by atoms with Crippen LogP contribution in [0.4, 0.5) is 11.4 Å². The monoisotopic (exact) mass is 528 g/mol. The Morgan fingerprint density at radius 1 is 0.842 bits per heavy atom. The van der Waals surface area contributed by atoms with E-state index < -0.39 is 21.9 Å². The SMILES string of the molecule is CCOC(=O)c1ccc(NC(=O)c2ccccc2N(Cc2ccccc2)S(=O)(=O)c2ccccc2)c(C)c1. The molecule has 194 valence electrons. The summed E-state index contributed by atoms with van der Waals surface area (Å²) in [5.41, 5.74) is 2.76. The number of aryl methyl sites for hydroxylation is 1. The number of rotatable bonds is 9. The molecule has 8 heteroatoms. The first-order chi connectivity index (χ1) is 18.3. The molecule has 0 saturated carbocycles. The normalized spacial score (nSPS) is 11.0. The topological polar surface area (TPSA) is 92.8 Å². The van der Waals surface area contributed by atoms with Crippen LogP contribution in [0.25, 0.3) is 0 Å². The highest BCUT2D eigenvalue weighted by Crippen LogP contribution is 2.30. The molecule has 0 heterocycles. The van der Waals surface area contributed by atoms with Gasteiger partial charge in [-0.05, 0) is 67.4 Å². The number of para-hydroxylation sites is 1. The van der Waals surface area contributed by atoms with Crippen LogP contribution in [0.5, 0.6) is 0 Å². The van der Waals surface area contributed by atoms with Crippen molar-refractivity contribution in [3.05, 3.63) is 125 Å². The molecule has 0 atom stereocenters. The number of hydrogen-bond donors (Lipinski definition) is 1. The molecule has 1 N–H and O–H groups in total. The van der Waals surface area contributed by atoms with Crippen molar-refractivity contribution < 1.29 is 22.7 Å². The molecule has 0 aliphatic carbocycles. The van der Waals surface area contributed by atoms with E-state index in [2.05, 4.69) is 5.32 Å². The average Bonchev–Trinajstić information content (AvgIpc) is 2.94. The molecule has 4 aromatic rings. The molecule has 38 heavy (non-hydrogen) atoms. The molecule has 0 aliphatic heterocycles. The fourth-order valence-electron chi connectivity index (χ4n) is 3.99. The van der Waals surface area contributed by atoms with Crippen LogP contribution in [0.3, 0.4) is 0 Å². The van der Waals surface area contributed by atoms with E-state index >= 15 is 0 Å². The van der Waals surface area contributed by atoms with Gasteiger partial charge in [0.1, 0.15) is 0 Å². The standard InChI is InChI=1S/C30H28N2O5S/c1-3-37-30(34)24-18-19-27(22(2)20-24)31-29(33)26-16-10-11-17-28(26)32(21-23-12-6-4-7-13-23)38(35,36)25-14-8-5-9-15-25/h4-20H,3,21H2,1-2H3,(H,31,33).